The van der Waals surface area contributed by atoms with Gasteiger partial charge in [0.1, 0.15) is 11.6 Å². The van der Waals surface area contributed by atoms with Crippen LogP contribution in [-0.2, 0) is 11.2 Å². The van der Waals surface area contributed by atoms with E-state index in [1.807, 2.05) is 18.2 Å². The highest BCUT2D eigenvalue weighted by atomic mass is 19.1. The van der Waals surface area contributed by atoms with Crippen LogP contribution in [0.1, 0.15) is 36.3 Å². The highest BCUT2D eigenvalue weighted by Gasteiger charge is 2.24. The van der Waals surface area contributed by atoms with Crippen molar-refractivity contribution in [3.8, 4) is 17.1 Å². The minimum Gasteiger partial charge on any atom is -0.494 e. The van der Waals surface area contributed by atoms with Gasteiger partial charge in [-0.05, 0) is 72.7 Å². The number of aromatic nitrogens is 2. The number of carboxylic acid groups (broad SMARTS) is 1. The fourth-order valence-corrected chi connectivity index (χ4v) is 4.16. The van der Waals surface area contributed by atoms with Gasteiger partial charge >= 0.3 is 5.97 Å². The largest absolute Gasteiger partial charge is 0.494 e. The van der Waals surface area contributed by atoms with Gasteiger partial charge in [-0.1, -0.05) is 6.07 Å². The second-order valence-corrected chi connectivity index (χ2v) is 8.19. The molecule has 0 saturated carbocycles. The molecule has 1 N–H and O–H groups in total. The third kappa shape index (κ3) is 5.45. The zero-order valence-corrected chi connectivity index (χ0v) is 18.3. The fraction of sp³-hybridized carbons (Fsp3) is 0.320. The van der Waals surface area contributed by atoms with Crippen LogP contribution in [-0.4, -0.2) is 41.2 Å². The van der Waals surface area contributed by atoms with Crippen molar-refractivity contribution in [2.75, 3.05) is 25.1 Å². The lowest BCUT2D eigenvalue weighted by atomic mass is 9.98. The number of aryl methyl sites for hydroxylation is 1. The van der Waals surface area contributed by atoms with Crippen molar-refractivity contribution >= 4 is 11.8 Å². The zero-order valence-electron chi connectivity index (χ0n) is 18.3. The van der Waals surface area contributed by atoms with Crippen LogP contribution < -0.4 is 9.64 Å². The Hall–Kier alpha value is -3.55. The van der Waals surface area contributed by atoms with Gasteiger partial charge in [0.05, 0.1) is 19.2 Å². The van der Waals surface area contributed by atoms with Gasteiger partial charge in [0.2, 0.25) is 0 Å². The molecule has 2 aromatic carbocycles. The molecule has 172 valence electrons. The molecule has 8 heteroatoms. The number of rotatable bonds is 9. The first kappa shape index (κ1) is 22.6. The van der Waals surface area contributed by atoms with Gasteiger partial charge in [0.25, 0.3) is 0 Å². The molecule has 0 spiro atoms. The first-order valence-corrected chi connectivity index (χ1v) is 10.9. The molecule has 0 bridgehead atoms. The third-order valence-electron chi connectivity index (χ3n) is 5.83. The number of carboxylic acids is 1. The van der Waals surface area contributed by atoms with Gasteiger partial charge in [-0.2, -0.15) is 0 Å². The second-order valence-electron chi connectivity index (χ2n) is 8.19. The standard InChI is InChI=1S/C25H25F2N3O3/c1-30(25-22(27)15-28-24(29-25)16-5-7-19(26)8-6-16)11-2-12-33-20-9-10-21-17(13-20)3-4-18(21)14-23(31)32/h5-10,13,15,18H,2-4,11-12,14H2,1H3,(H,31,32)/t18-/m0/s1. The average Bonchev–Trinajstić information content (AvgIpc) is 3.19. The molecule has 1 aliphatic rings. The number of hydrogen-bond donors (Lipinski definition) is 1. The van der Waals surface area contributed by atoms with Gasteiger partial charge in [0, 0.05) is 19.2 Å². The Balaban J connectivity index is 1.32. The molecule has 0 amide bonds. The summed E-state index contributed by atoms with van der Waals surface area (Å²) in [7, 11) is 1.75. The summed E-state index contributed by atoms with van der Waals surface area (Å²) in [6.45, 7) is 0.960. The molecule has 0 aliphatic heterocycles. The number of nitrogens with zero attached hydrogens (tertiary/aromatic N) is 3. The zero-order chi connectivity index (χ0) is 23.4. The first-order valence-electron chi connectivity index (χ1n) is 10.9. The van der Waals surface area contributed by atoms with E-state index in [2.05, 4.69) is 9.97 Å². The van der Waals surface area contributed by atoms with Crippen LogP contribution in [0.2, 0.25) is 0 Å². The summed E-state index contributed by atoms with van der Waals surface area (Å²) in [5.74, 6) is -0.343. The molecule has 3 aromatic rings. The van der Waals surface area contributed by atoms with Crippen LogP contribution in [0.15, 0.2) is 48.7 Å². The predicted octanol–water partition coefficient (Wildman–Crippen LogP) is 4.83. The topological polar surface area (TPSA) is 75.5 Å². The van der Waals surface area contributed by atoms with Crippen LogP contribution >= 0.6 is 0 Å². The van der Waals surface area contributed by atoms with Gasteiger partial charge in [0.15, 0.2) is 17.5 Å². The minimum absolute atomic E-state index is 0.0720. The molecular formula is C25H25F2N3O3. The van der Waals surface area contributed by atoms with Crippen LogP contribution in [0, 0.1) is 11.6 Å². The number of halogens is 2. The molecule has 6 nitrogen and oxygen atoms in total. The van der Waals surface area contributed by atoms with E-state index in [9.17, 15) is 13.6 Å². The second kappa shape index (κ2) is 9.94. The van der Waals surface area contributed by atoms with E-state index in [1.165, 1.54) is 12.1 Å². The average molecular weight is 453 g/mol. The molecular weight excluding hydrogens is 428 g/mol. The highest BCUT2D eigenvalue weighted by Crippen LogP contribution is 2.37. The number of benzene rings is 2. The van der Waals surface area contributed by atoms with E-state index in [-0.39, 0.29) is 24.0 Å². The SMILES string of the molecule is CN(CCCOc1ccc2c(c1)CC[C@H]2CC(=O)O)c1nc(-c2ccc(F)cc2)ncc1F. The summed E-state index contributed by atoms with van der Waals surface area (Å²) in [5.41, 5.74) is 2.85. The van der Waals surface area contributed by atoms with E-state index in [1.54, 1.807) is 24.1 Å². The summed E-state index contributed by atoms with van der Waals surface area (Å²) in [4.78, 5) is 21.0. The Bertz CT molecular complexity index is 1140. The van der Waals surface area contributed by atoms with Crippen molar-refractivity contribution in [1.29, 1.82) is 0 Å². The molecule has 1 aromatic heterocycles. The molecule has 4 rings (SSSR count). The van der Waals surface area contributed by atoms with Gasteiger partial charge in [-0.15, -0.1) is 0 Å². The van der Waals surface area contributed by atoms with Crippen molar-refractivity contribution in [3.63, 3.8) is 0 Å². The number of aliphatic carboxylic acids is 1. The maximum absolute atomic E-state index is 14.3. The third-order valence-corrected chi connectivity index (χ3v) is 5.83. The van der Waals surface area contributed by atoms with Crippen molar-refractivity contribution < 1.29 is 23.4 Å². The molecule has 33 heavy (non-hydrogen) atoms. The van der Waals surface area contributed by atoms with E-state index in [0.29, 0.717) is 31.0 Å². The lowest BCUT2D eigenvalue weighted by molar-refractivity contribution is -0.137. The Morgan fingerprint density at radius 2 is 2.00 bits per heavy atom. The van der Waals surface area contributed by atoms with E-state index < -0.39 is 11.8 Å². The summed E-state index contributed by atoms with van der Waals surface area (Å²) < 4.78 is 33.3. The van der Waals surface area contributed by atoms with Crippen LogP contribution in [0.3, 0.4) is 0 Å². The monoisotopic (exact) mass is 453 g/mol. The summed E-state index contributed by atoms with van der Waals surface area (Å²) in [6.07, 6.45) is 3.62. The normalized spacial score (nSPS) is 14.7. The molecule has 0 fully saturated rings. The number of anilines is 1. The number of hydrogen-bond acceptors (Lipinski definition) is 5. The minimum atomic E-state index is -0.776. The molecule has 0 radical (unpaired) electrons. The van der Waals surface area contributed by atoms with Crippen LogP contribution in [0.4, 0.5) is 14.6 Å². The molecule has 1 heterocycles. The first-order chi connectivity index (χ1) is 15.9. The number of ether oxygens (including phenoxy) is 1. The number of carbonyl (C=O) groups is 1. The molecule has 1 atom stereocenters. The summed E-state index contributed by atoms with van der Waals surface area (Å²) >= 11 is 0. The maximum Gasteiger partial charge on any atom is 0.303 e. The van der Waals surface area contributed by atoms with Crippen molar-refractivity contribution in [2.24, 2.45) is 0 Å². The lowest BCUT2D eigenvalue weighted by Gasteiger charge is -2.19. The Morgan fingerprint density at radius 3 is 2.76 bits per heavy atom. The molecule has 0 unspecified atom stereocenters. The van der Waals surface area contributed by atoms with E-state index in [4.69, 9.17) is 9.84 Å². The van der Waals surface area contributed by atoms with Gasteiger partial charge in [-0.3, -0.25) is 4.79 Å². The van der Waals surface area contributed by atoms with Crippen LogP contribution in [0.25, 0.3) is 11.4 Å². The quantitative estimate of drug-likeness (QED) is 0.468. The Kier molecular flexibility index (Phi) is 6.82. The Labute approximate surface area is 190 Å². The van der Waals surface area contributed by atoms with Crippen molar-refractivity contribution in [1.82, 2.24) is 9.97 Å². The molecule has 0 saturated heterocycles. The van der Waals surface area contributed by atoms with Gasteiger partial charge < -0.3 is 14.7 Å². The summed E-state index contributed by atoms with van der Waals surface area (Å²) in [6, 6.07) is 11.6. The fourth-order valence-electron chi connectivity index (χ4n) is 4.16. The predicted molar refractivity (Wildman–Crippen MR) is 121 cm³/mol. The lowest BCUT2D eigenvalue weighted by Crippen LogP contribution is -2.23. The molecule has 1 aliphatic carbocycles. The van der Waals surface area contributed by atoms with Gasteiger partial charge in [-0.25, -0.2) is 18.7 Å². The van der Waals surface area contributed by atoms with E-state index >= 15 is 0 Å². The van der Waals surface area contributed by atoms with Crippen molar-refractivity contribution in [2.45, 2.75) is 31.6 Å². The van der Waals surface area contributed by atoms with Crippen LogP contribution in [0.5, 0.6) is 5.75 Å². The smallest absolute Gasteiger partial charge is 0.303 e. The Morgan fingerprint density at radius 1 is 1.21 bits per heavy atom. The highest BCUT2D eigenvalue weighted by molar-refractivity contribution is 5.68. The summed E-state index contributed by atoms with van der Waals surface area (Å²) in [5, 5.41) is 9.05. The number of fused-ring (bicyclic) bond motifs is 1. The maximum atomic E-state index is 14.3. The van der Waals surface area contributed by atoms with Crippen molar-refractivity contribution in [3.05, 3.63) is 71.4 Å². The van der Waals surface area contributed by atoms with E-state index in [0.717, 1.165) is 35.9 Å².